The molecule has 0 unspecified atom stereocenters. The molecule has 1 N–H and O–H groups in total. The van der Waals surface area contributed by atoms with Crippen LogP contribution < -0.4 is 0 Å². The van der Waals surface area contributed by atoms with E-state index < -0.39 is 57.7 Å². The lowest BCUT2D eigenvalue weighted by Gasteiger charge is -2.08. The summed E-state index contributed by atoms with van der Waals surface area (Å²) in [6, 6.07) is 0.350. The molecule has 0 saturated heterocycles. The van der Waals surface area contributed by atoms with Crippen molar-refractivity contribution in [1.82, 2.24) is 4.98 Å². The van der Waals surface area contributed by atoms with Crippen LogP contribution >= 0.6 is 0 Å². The van der Waals surface area contributed by atoms with Gasteiger partial charge in [-0.1, -0.05) is 0 Å². The number of hydrogen-bond donors (Lipinski definition) is 1. The van der Waals surface area contributed by atoms with Gasteiger partial charge < -0.3 is 5.11 Å². The van der Waals surface area contributed by atoms with Gasteiger partial charge in [0.1, 0.15) is 5.69 Å². The van der Waals surface area contributed by atoms with Crippen LogP contribution in [-0.4, -0.2) is 16.1 Å². The number of carbonyl (C=O) groups is 1. The summed E-state index contributed by atoms with van der Waals surface area (Å²) >= 11 is 0. The van der Waals surface area contributed by atoms with Crippen molar-refractivity contribution in [2.24, 2.45) is 0 Å². The fourth-order valence-electron chi connectivity index (χ4n) is 1.55. The third-order valence-corrected chi connectivity index (χ3v) is 2.53. The fraction of sp³-hybridized carbons (Fsp3) is 0. The maximum atomic E-state index is 13.6. The summed E-state index contributed by atoms with van der Waals surface area (Å²) in [5.74, 6) is -14.6. The molecule has 0 aliphatic rings. The second kappa shape index (κ2) is 5.08. The van der Waals surface area contributed by atoms with E-state index in [0.29, 0.717) is 12.3 Å². The highest BCUT2D eigenvalue weighted by Crippen LogP contribution is 2.31. The smallest absolute Gasteiger partial charge is 0.337 e. The molecule has 9 heteroatoms. The highest BCUT2D eigenvalue weighted by atomic mass is 19.2. The monoisotopic (exact) mass is 307 g/mol. The van der Waals surface area contributed by atoms with E-state index in [9.17, 15) is 31.1 Å². The van der Waals surface area contributed by atoms with E-state index in [1.807, 2.05) is 0 Å². The molecule has 0 fully saturated rings. The summed E-state index contributed by atoms with van der Waals surface area (Å²) in [5, 5.41) is 8.58. The summed E-state index contributed by atoms with van der Waals surface area (Å²) in [4.78, 5) is 13.7. The van der Waals surface area contributed by atoms with Crippen molar-refractivity contribution in [2.75, 3.05) is 0 Å². The van der Waals surface area contributed by atoms with E-state index in [0.717, 1.165) is 0 Å². The third-order valence-electron chi connectivity index (χ3n) is 2.53. The Morgan fingerprint density at radius 1 is 0.905 bits per heavy atom. The highest BCUT2D eigenvalue weighted by Gasteiger charge is 2.29. The van der Waals surface area contributed by atoms with Crippen molar-refractivity contribution in [3.8, 4) is 11.3 Å². The van der Waals surface area contributed by atoms with Gasteiger partial charge in [0.05, 0.1) is 11.1 Å². The number of halogens is 6. The molecule has 0 amide bonds. The topological polar surface area (TPSA) is 50.2 Å². The molecule has 1 heterocycles. The third kappa shape index (κ3) is 2.30. The van der Waals surface area contributed by atoms with Crippen LogP contribution in [0, 0.1) is 34.9 Å². The van der Waals surface area contributed by atoms with Crippen LogP contribution in [0.4, 0.5) is 26.3 Å². The first kappa shape index (κ1) is 14.8. The summed E-state index contributed by atoms with van der Waals surface area (Å²) in [6.07, 6.45) is 0.527. The second-order valence-corrected chi connectivity index (χ2v) is 3.80. The number of carboxylic acids is 1. The summed E-state index contributed by atoms with van der Waals surface area (Å²) in [5.41, 5.74) is -3.41. The number of pyridine rings is 1. The zero-order valence-electron chi connectivity index (χ0n) is 9.73. The van der Waals surface area contributed by atoms with Gasteiger partial charge in [-0.25, -0.2) is 31.1 Å². The van der Waals surface area contributed by atoms with Gasteiger partial charge in [0.25, 0.3) is 0 Å². The van der Waals surface area contributed by atoms with Crippen LogP contribution in [0.15, 0.2) is 12.3 Å². The predicted molar refractivity (Wildman–Crippen MR) is 56.4 cm³/mol. The van der Waals surface area contributed by atoms with E-state index in [1.54, 1.807) is 0 Å². The minimum absolute atomic E-state index is 0.350. The van der Waals surface area contributed by atoms with E-state index in [2.05, 4.69) is 4.98 Å². The average Bonchev–Trinajstić information content (AvgIpc) is 2.44. The summed E-state index contributed by atoms with van der Waals surface area (Å²) < 4.78 is 79.5. The number of aromatic nitrogens is 1. The molecule has 110 valence electrons. The number of rotatable bonds is 2. The van der Waals surface area contributed by atoms with Gasteiger partial charge in [-0.3, -0.25) is 4.98 Å². The van der Waals surface area contributed by atoms with Gasteiger partial charge in [-0.2, -0.15) is 0 Å². The van der Waals surface area contributed by atoms with Gasteiger partial charge >= 0.3 is 5.97 Å². The maximum absolute atomic E-state index is 13.6. The second-order valence-electron chi connectivity index (χ2n) is 3.80. The Morgan fingerprint density at radius 2 is 1.38 bits per heavy atom. The lowest BCUT2D eigenvalue weighted by Crippen LogP contribution is -2.07. The van der Waals surface area contributed by atoms with Crippen molar-refractivity contribution in [3.63, 3.8) is 0 Å². The largest absolute Gasteiger partial charge is 0.478 e. The number of carboxylic acid groups (broad SMARTS) is 1. The number of nitrogens with zero attached hydrogens (tertiary/aromatic N) is 1. The van der Waals surface area contributed by atoms with Crippen molar-refractivity contribution in [3.05, 3.63) is 52.7 Å². The van der Waals surface area contributed by atoms with E-state index in [4.69, 9.17) is 5.11 Å². The molecule has 0 saturated carbocycles. The zero-order chi connectivity index (χ0) is 15.9. The number of hydrogen-bond acceptors (Lipinski definition) is 2. The van der Waals surface area contributed by atoms with E-state index >= 15 is 0 Å². The van der Waals surface area contributed by atoms with Gasteiger partial charge in [-0.15, -0.1) is 0 Å². The molecule has 0 aliphatic heterocycles. The fourth-order valence-corrected chi connectivity index (χ4v) is 1.55. The lowest BCUT2D eigenvalue weighted by atomic mass is 10.1. The summed E-state index contributed by atoms with van der Waals surface area (Å²) in [6.45, 7) is 0. The van der Waals surface area contributed by atoms with Gasteiger partial charge in [0, 0.05) is 6.20 Å². The Balaban J connectivity index is 2.77. The van der Waals surface area contributed by atoms with Crippen LogP contribution in [-0.2, 0) is 0 Å². The number of benzene rings is 1. The Morgan fingerprint density at radius 3 is 1.81 bits per heavy atom. The summed E-state index contributed by atoms with van der Waals surface area (Å²) in [7, 11) is 0. The first-order valence-corrected chi connectivity index (χ1v) is 5.16. The Hall–Kier alpha value is -2.58. The van der Waals surface area contributed by atoms with Crippen molar-refractivity contribution in [2.45, 2.75) is 0 Å². The van der Waals surface area contributed by atoms with Crippen molar-refractivity contribution < 1.29 is 36.2 Å². The van der Waals surface area contributed by atoms with Gasteiger partial charge in [-0.05, 0) is 6.07 Å². The normalized spacial score (nSPS) is 10.8. The first-order chi connectivity index (χ1) is 9.75. The minimum atomic E-state index is -2.39. The van der Waals surface area contributed by atoms with Crippen LogP contribution in [0.1, 0.15) is 10.4 Å². The minimum Gasteiger partial charge on any atom is -0.478 e. The molecule has 2 rings (SSSR count). The van der Waals surface area contributed by atoms with Gasteiger partial charge in [0.15, 0.2) is 29.1 Å². The Kier molecular flexibility index (Phi) is 3.58. The molecular weight excluding hydrogens is 304 g/mol. The van der Waals surface area contributed by atoms with Crippen molar-refractivity contribution in [1.29, 1.82) is 0 Å². The average molecular weight is 307 g/mol. The quantitative estimate of drug-likeness (QED) is 0.526. The maximum Gasteiger partial charge on any atom is 0.337 e. The van der Waals surface area contributed by atoms with Crippen LogP contribution in [0.2, 0.25) is 0 Å². The van der Waals surface area contributed by atoms with Crippen LogP contribution in [0.5, 0.6) is 0 Å². The molecule has 21 heavy (non-hydrogen) atoms. The molecule has 2 aromatic rings. The first-order valence-electron chi connectivity index (χ1n) is 5.16. The SMILES string of the molecule is O=C(O)c1cnc(-c2c(F)c(F)c(F)c(F)c2F)c(F)c1. The van der Waals surface area contributed by atoms with Gasteiger partial charge in [0.2, 0.25) is 5.82 Å². The molecule has 0 atom stereocenters. The lowest BCUT2D eigenvalue weighted by molar-refractivity contribution is 0.0696. The van der Waals surface area contributed by atoms with Crippen LogP contribution in [0.25, 0.3) is 11.3 Å². The highest BCUT2D eigenvalue weighted by molar-refractivity contribution is 5.87. The molecule has 0 aliphatic carbocycles. The number of aromatic carboxylic acids is 1. The zero-order valence-corrected chi connectivity index (χ0v) is 9.73. The van der Waals surface area contributed by atoms with Crippen molar-refractivity contribution >= 4 is 5.97 Å². The molecule has 0 bridgehead atoms. The Bertz CT molecular complexity index is 733. The van der Waals surface area contributed by atoms with E-state index in [-0.39, 0.29) is 0 Å². The van der Waals surface area contributed by atoms with Crippen LogP contribution in [0.3, 0.4) is 0 Å². The predicted octanol–water partition coefficient (Wildman–Crippen LogP) is 3.28. The molecule has 1 aromatic heterocycles. The van der Waals surface area contributed by atoms with E-state index in [1.165, 1.54) is 0 Å². The molecule has 0 radical (unpaired) electrons. The molecule has 1 aromatic carbocycles. The molecular formula is C12H3F6NO2. The molecule has 0 spiro atoms. The Labute approximate surface area is 112 Å². The standard InChI is InChI=1S/C12H3F6NO2/c13-4-1-3(12(20)21)2-19-11(4)5-6(14)8(16)10(18)9(17)7(5)15/h1-2H,(H,20,21). The molecule has 3 nitrogen and oxygen atoms in total.